The zero-order valence-electron chi connectivity index (χ0n) is 30.3. The van der Waals surface area contributed by atoms with Crippen LogP contribution in [0.1, 0.15) is 52.4 Å². The number of ether oxygens (including phenoxy) is 1. The maximum atomic E-state index is 14.0. The summed E-state index contributed by atoms with van der Waals surface area (Å²) < 4.78 is 7.87. The topological polar surface area (TPSA) is 189 Å². The van der Waals surface area contributed by atoms with Crippen molar-refractivity contribution in [1.82, 2.24) is 39.8 Å². The normalized spacial score (nSPS) is 20.1. The molecule has 0 spiro atoms. The number of nitrogens with zero attached hydrogens (tertiary/aromatic N) is 8. The minimum atomic E-state index is -1.02. The van der Waals surface area contributed by atoms with Gasteiger partial charge in [-0.25, -0.2) is 19.4 Å². The highest BCUT2D eigenvalue weighted by atomic mass is 16.5. The first kappa shape index (κ1) is 34.9. The second-order valence-corrected chi connectivity index (χ2v) is 14.4. The molecule has 3 N–H and O–H groups in total. The van der Waals surface area contributed by atoms with Crippen LogP contribution in [-0.4, -0.2) is 109 Å². The van der Waals surface area contributed by atoms with E-state index in [-0.39, 0.29) is 36.0 Å². The summed E-state index contributed by atoms with van der Waals surface area (Å²) in [4.78, 5) is 80.2. The van der Waals surface area contributed by atoms with Crippen LogP contribution < -0.4 is 20.7 Å². The molecule has 0 bridgehead atoms. The first-order valence-electron chi connectivity index (χ1n) is 18.7. The van der Waals surface area contributed by atoms with Gasteiger partial charge in [-0.2, -0.15) is 5.10 Å². The molecule has 5 aromatic rings. The van der Waals surface area contributed by atoms with Crippen molar-refractivity contribution in [3.8, 4) is 22.8 Å². The molecule has 9 rings (SSSR count). The number of fused-ring (bicyclic) bond motifs is 2. The van der Waals surface area contributed by atoms with E-state index in [2.05, 4.69) is 20.2 Å². The van der Waals surface area contributed by atoms with E-state index in [0.717, 1.165) is 34.7 Å². The molecule has 6 heterocycles. The molecule has 56 heavy (non-hydrogen) atoms. The first-order chi connectivity index (χ1) is 27.2. The lowest BCUT2D eigenvalue weighted by atomic mass is 10.0. The fourth-order valence-corrected chi connectivity index (χ4v) is 8.10. The number of rotatable bonds is 6. The lowest BCUT2D eigenvalue weighted by Gasteiger charge is -2.40. The maximum Gasteiger partial charge on any atom is 0.320 e. The number of carbonyl (C=O) groups is 5. The quantitative estimate of drug-likeness (QED) is 0.240. The summed E-state index contributed by atoms with van der Waals surface area (Å²) in [7, 11) is 0. The van der Waals surface area contributed by atoms with Crippen molar-refractivity contribution in [3.63, 3.8) is 0 Å². The molecule has 0 saturated carbocycles. The molecule has 16 nitrogen and oxygen atoms in total. The summed E-state index contributed by atoms with van der Waals surface area (Å²) >= 11 is 0. The Morgan fingerprint density at radius 1 is 0.804 bits per heavy atom. The number of likely N-dealkylation sites (tertiary alicyclic amines) is 1. The Morgan fingerprint density at radius 3 is 2.32 bits per heavy atom. The lowest BCUT2D eigenvalue weighted by molar-refractivity contribution is -0.136. The van der Waals surface area contributed by atoms with E-state index in [1.807, 2.05) is 69.1 Å². The van der Waals surface area contributed by atoms with Crippen LogP contribution >= 0.6 is 0 Å². The first-order valence-corrected chi connectivity index (χ1v) is 18.7. The third kappa shape index (κ3) is 6.21. The third-order valence-electron chi connectivity index (χ3n) is 11.0. The number of piperazine rings is 1. The Balaban J connectivity index is 0.867. The number of nitrogens with two attached hydrogens (primary N) is 1. The number of nitrogen functional groups attached to an aromatic ring is 1. The van der Waals surface area contributed by atoms with Crippen LogP contribution in [0.5, 0.6) is 11.5 Å². The predicted molar refractivity (Wildman–Crippen MR) is 204 cm³/mol. The van der Waals surface area contributed by atoms with Gasteiger partial charge >= 0.3 is 6.03 Å². The molecular formula is C40H38N10O6. The van der Waals surface area contributed by atoms with Gasteiger partial charge in [0.15, 0.2) is 5.65 Å². The lowest BCUT2D eigenvalue weighted by Crippen LogP contribution is -2.54. The molecule has 3 aromatic carbocycles. The molecule has 1 unspecified atom stereocenters. The Hall–Kier alpha value is -6.84. The van der Waals surface area contributed by atoms with Gasteiger partial charge in [0.25, 0.3) is 11.8 Å². The molecule has 2 atom stereocenters. The summed E-state index contributed by atoms with van der Waals surface area (Å²) in [5.41, 5.74) is 9.73. The zero-order chi connectivity index (χ0) is 38.5. The number of hydrogen-bond donors (Lipinski definition) is 2. The fraction of sp³-hybridized carbons (Fsp3) is 0.300. The van der Waals surface area contributed by atoms with Gasteiger partial charge in [-0.1, -0.05) is 18.2 Å². The maximum absolute atomic E-state index is 14.0. The van der Waals surface area contributed by atoms with E-state index in [0.29, 0.717) is 67.6 Å². The van der Waals surface area contributed by atoms with Crippen LogP contribution in [0.15, 0.2) is 79.1 Å². The molecule has 4 aliphatic rings. The summed E-state index contributed by atoms with van der Waals surface area (Å²) in [5.74, 6) is -0.400. The van der Waals surface area contributed by atoms with Gasteiger partial charge in [0.2, 0.25) is 11.8 Å². The van der Waals surface area contributed by atoms with Crippen molar-refractivity contribution in [3.05, 3.63) is 90.3 Å². The minimum absolute atomic E-state index is 0.0520. The smallest absolute Gasteiger partial charge is 0.320 e. The van der Waals surface area contributed by atoms with Crippen LogP contribution in [0.2, 0.25) is 0 Å². The van der Waals surface area contributed by atoms with E-state index in [4.69, 9.17) is 15.6 Å². The number of carbonyl (C=O) groups excluding carboxylic acids is 5. The number of urea groups is 1. The summed E-state index contributed by atoms with van der Waals surface area (Å²) in [6.07, 6.45) is 3.19. The largest absolute Gasteiger partial charge is 0.457 e. The van der Waals surface area contributed by atoms with Crippen molar-refractivity contribution in [1.29, 1.82) is 0 Å². The number of aromatic nitrogens is 4. The minimum Gasteiger partial charge on any atom is -0.457 e. The number of para-hydroxylation sites is 1. The van der Waals surface area contributed by atoms with Crippen LogP contribution in [0.4, 0.5) is 16.3 Å². The SMILES string of the molecule is Nc1ncnc2c1c(-c1ccc(Oc3ccccc3)cc1)nn2[C@@H]1CCCN(C(=O)N2CCN(c3ccc4c(c3)C(=O)N(C3CCC(=O)NC3=O)C4=O)CC2)C1. The monoisotopic (exact) mass is 754 g/mol. The van der Waals surface area contributed by atoms with E-state index in [1.165, 1.54) is 6.33 Å². The van der Waals surface area contributed by atoms with E-state index in [1.54, 1.807) is 18.2 Å². The molecule has 0 radical (unpaired) electrons. The van der Waals surface area contributed by atoms with Crippen molar-refractivity contribution < 1.29 is 28.7 Å². The second-order valence-electron chi connectivity index (χ2n) is 14.4. The number of nitrogens with one attached hydrogen (secondary N) is 1. The molecule has 4 aliphatic heterocycles. The van der Waals surface area contributed by atoms with Crippen LogP contribution in [0.25, 0.3) is 22.3 Å². The van der Waals surface area contributed by atoms with Crippen molar-refractivity contribution in [2.24, 2.45) is 0 Å². The number of amides is 6. The molecule has 6 amide bonds. The van der Waals surface area contributed by atoms with E-state index >= 15 is 0 Å². The summed E-state index contributed by atoms with van der Waals surface area (Å²) in [6.45, 7) is 3.06. The zero-order valence-corrected chi connectivity index (χ0v) is 30.3. The highest BCUT2D eigenvalue weighted by Crippen LogP contribution is 2.36. The third-order valence-corrected chi connectivity index (χ3v) is 11.0. The highest BCUT2D eigenvalue weighted by Gasteiger charge is 2.45. The average molecular weight is 755 g/mol. The van der Waals surface area contributed by atoms with Gasteiger partial charge in [-0.3, -0.25) is 29.4 Å². The van der Waals surface area contributed by atoms with Gasteiger partial charge in [0.1, 0.15) is 35.4 Å². The molecule has 16 heteroatoms. The molecular weight excluding hydrogens is 717 g/mol. The van der Waals surface area contributed by atoms with Crippen molar-refractivity contribution >= 4 is 52.2 Å². The molecule has 3 fully saturated rings. The Bertz CT molecular complexity index is 2390. The predicted octanol–water partition coefficient (Wildman–Crippen LogP) is 3.85. The molecule has 284 valence electrons. The van der Waals surface area contributed by atoms with Gasteiger partial charge in [0, 0.05) is 56.9 Å². The van der Waals surface area contributed by atoms with E-state index < -0.39 is 29.7 Å². The van der Waals surface area contributed by atoms with Crippen LogP contribution in [-0.2, 0) is 9.59 Å². The number of anilines is 2. The van der Waals surface area contributed by atoms with Crippen molar-refractivity contribution in [2.45, 2.75) is 37.8 Å². The van der Waals surface area contributed by atoms with E-state index in [9.17, 15) is 24.0 Å². The Labute approximate surface area is 320 Å². The van der Waals surface area contributed by atoms with Gasteiger partial charge in [0.05, 0.1) is 22.6 Å². The van der Waals surface area contributed by atoms with Gasteiger partial charge in [-0.15, -0.1) is 0 Å². The number of hydrogen-bond acceptors (Lipinski definition) is 11. The summed E-state index contributed by atoms with van der Waals surface area (Å²) in [6, 6.07) is 21.1. The average Bonchev–Trinajstić information content (AvgIpc) is 3.73. The standard InChI is InChI=1S/C40H38N10O6/c41-35-33-34(24-8-11-28(12-9-24)56-27-6-2-1-3-7-27)45-50(36(33)43-23-42-35)26-5-4-16-48(22-26)40(55)47-19-17-46(18-20-47)25-10-13-29-30(21-25)39(54)49(38(29)53)31-14-15-32(51)44-37(31)52/h1-3,6-13,21,23,26,31H,4-5,14-20,22H2,(H2,41,42,43)(H,44,51,52)/t26-,31?/m1/s1. The van der Waals surface area contributed by atoms with Crippen molar-refractivity contribution in [2.75, 3.05) is 49.9 Å². The number of imide groups is 2. The Morgan fingerprint density at radius 2 is 1.55 bits per heavy atom. The summed E-state index contributed by atoms with van der Waals surface area (Å²) in [5, 5.41) is 7.91. The van der Waals surface area contributed by atoms with Gasteiger partial charge in [-0.05, 0) is 73.9 Å². The molecule has 0 aliphatic carbocycles. The number of benzene rings is 3. The van der Waals surface area contributed by atoms with Crippen LogP contribution in [0.3, 0.4) is 0 Å². The fourth-order valence-electron chi connectivity index (χ4n) is 8.10. The highest BCUT2D eigenvalue weighted by molar-refractivity contribution is 6.23. The van der Waals surface area contributed by atoms with Crippen LogP contribution in [0, 0.1) is 0 Å². The van der Waals surface area contributed by atoms with Gasteiger partial charge < -0.3 is 25.2 Å². The molecule has 3 saturated heterocycles. The second kappa shape index (κ2) is 14.1. The number of piperidine rings is 2. The molecule has 2 aromatic heterocycles. The Kier molecular flexibility index (Phi) is 8.79.